The number of benzene rings is 2. The Balaban J connectivity index is 1.62. The first-order chi connectivity index (χ1) is 16.3. The molecule has 1 aliphatic carbocycles. The molecule has 0 amide bonds. The zero-order valence-corrected chi connectivity index (χ0v) is 19.9. The summed E-state index contributed by atoms with van der Waals surface area (Å²) in [5.41, 5.74) is 5.42. The minimum absolute atomic E-state index is 0.416. The van der Waals surface area contributed by atoms with Crippen LogP contribution < -0.4 is 0 Å². The number of nitrogens with zero attached hydrogens (tertiary/aromatic N) is 3. The Morgan fingerprint density at radius 1 is 1.29 bits per heavy atom. The SMILES string of the molecule is C=Cc1ccc(Cc2nc3ccc(C#N)cc3[nH]2)c2ccn(S(=O)(=O)C3(C)C=C(C)C=CC3)c12. The van der Waals surface area contributed by atoms with Crippen LogP contribution in [0.1, 0.15) is 42.8 Å². The first kappa shape index (κ1) is 21.9. The number of nitrogens with one attached hydrogen (secondary N) is 1. The molecule has 4 aromatic rings. The van der Waals surface area contributed by atoms with Crippen molar-refractivity contribution in [2.45, 2.75) is 31.4 Å². The fraction of sp³-hybridized carbons (Fsp3) is 0.185. The summed E-state index contributed by atoms with van der Waals surface area (Å²) in [5, 5.41) is 9.99. The van der Waals surface area contributed by atoms with Gasteiger partial charge in [0, 0.05) is 18.0 Å². The molecule has 0 fully saturated rings. The van der Waals surface area contributed by atoms with Crippen molar-refractivity contribution < 1.29 is 8.42 Å². The number of hydrogen-bond donors (Lipinski definition) is 1. The quantitative estimate of drug-likeness (QED) is 0.421. The lowest BCUT2D eigenvalue weighted by Gasteiger charge is -2.28. The summed E-state index contributed by atoms with van der Waals surface area (Å²) in [5.74, 6) is 0.747. The average molecular weight is 469 g/mol. The molecule has 5 rings (SSSR count). The Morgan fingerprint density at radius 3 is 2.85 bits per heavy atom. The molecule has 1 aliphatic rings. The number of imidazole rings is 1. The van der Waals surface area contributed by atoms with Crippen molar-refractivity contribution in [1.82, 2.24) is 13.9 Å². The fourth-order valence-electron chi connectivity index (χ4n) is 4.70. The second-order valence-corrected chi connectivity index (χ2v) is 11.2. The van der Waals surface area contributed by atoms with Crippen LogP contribution in [0.3, 0.4) is 0 Å². The molecule has 0 saturated carbocycles. The number of H-pyrrole nitrogens is 1. The first-order valence-electron chi connectivity index (χ1n) is 11.0. The van der Waals surface area contributed by atoms with Gasteiger partial charge in [0.1, 0.15) is 10.6 Å². The van der Waals surface area contributed by atoms with Crippen LogP contribution in [0.25, 0.3) is 28.0 Å². The molecule has 0 spiro atoms. The summed E-state index contributed by atoms with van der Waals surface area (Å²) in [6, 6.07) is 13.2. The van der Waals surface area contributed by atoms with Crippen LogP contribution in [0, 0.1) is 11.3 Å². The molecule has 170 valence electrons. The Hall–Kier alpha value is -3.89. The van der Waals surface area contributed by atoms with Crippen LogP contribution in [0.15, 0.2) is 73.0 Å². The van der Waals surface area contributed by atoms with Gasteiger partial charge < -0.3 is 4.98 Å². The van der Waals surface area contributed by atoms with Gasteiger partial charge >= 0.3 is 0 Å². The molecule has 0 bridgehead atoms. The number of fused-ring (bicyclic) bond motifs is 2. The molecular formula is C27H24N4O2S. The Bertz CT molecular complexity index is 1680. The molecule has 7 heteroatoms. The molecule has 0 aliphatic heterocycles. The number of hydrogen-bond acceptors (Lipinski definition) is 4. The molecule has 0 saturated heterocycles. The highest BCUT2D eigenvalue weighted by molar-refractivity contribution is 7.91. The van der Waals surface area contributed by atoms with Crippen LogP contribution >= 0.6 is 0 Å². The van der Waals surface area contributed by atoms with E-state index in [1.54, 1.807) is 31.3 Å². The second kappa shape index (κ2) is 7.86. The van der Waals surface area contributed by atoms with Gasteiger partial charge in [-0.1, -0.05) is 48.6 Å². The maximum Gasteiger partial charge on any atom is 0.248 e. The number of nitriles is 1. The predicted molar refractivity (Wildman–Crippen MR) is 136 cm³/mol. The van der Waals surface area contributed by atoms with Crippen molar-refractivity contribution >= 4 is 38.0 Å². The molecule has 2 heterocycles. The van der Waals surface area contributed by atoms with Gasteiger partial charge in [-0.3, -0.25) is 0 Å². The standard InChI is InChI=1S/C27H24N4O2S/c1-4-20-8-9-21(15-25-29-23-10-7-19(17-28)14-24(23)30-25)22-11-13-31(26(20)22)34(32,33)27(3)12-5-6-18(2)16-27/h4-11,13-14,16H,1,12,15H2,2-3H3,(H,29,30). The van der Waals surface area contributed by atoms with Gasteiger partial charge in [0.05, 0.1) is 28.2 Å². The van der Waals surface area contributed by atoms with Crippen molar-refractivity contribution in [3.05, 3.63) is 95.5 Å². The number of rotatable bonds is 5. The van der Waals surface area contributed by atoms with E-state index in [9.17, 15) is 8.42 Å². The number of aromatic amines is 1. The van der Waals surface area contributed by atoms with Crippen molar-refractivity contribution in [2.24, 2.45) is 0 Å². The largest absolute Gasteiger partial charge is 0.342 e. The van der Waals surface area contributed by atoms with Crippen LogP contribution in [-0.4, -0.2) is 27.1 Å². The minimum Gasteiger partial charge on any atom is -0.342 e. The fourth-order valence-corrected chi connectivity index (χ4v) is 6.46. The van der Waals surface area contributed by atoms with E-state index in [0.717, 1.165) is 38.9 Å². The molecule has 34 heavy (non-hydrogen) atoms. The molecule has 2 aromatic heterocycles. The maximum atomic E-state index is 13.9. The van der Waals surface area contributed by atoms with E-state index in [2.05, 4.69) is 22.6 Å². The molecule has 0 radical (unpaired) electrons. The average Bonchev–Trinajstić information content (AvgIpc) is 3.43. The zero-order chi connectivity index (χ0) is 24.1. The molecular weight excluding hydrogens is 444 g/mol. The van der Waals surface area contributed by atoms with E-state index in [1.165, 1.54) is 3.97 Å². The highest BCUT2D eigenvalue weighted by Crippen LogP contribution is 2.35. The van der Waals surface area contributed by atoms with E-state index in [4.69, 9.17) is 5.26 Å². The van der Waals surface area contributed by atoms with Crippen LogP contribution in [-0.2, 0) is 16.4 Å². The smallest absolute Gasteiger partial charge is 0.248 e. The van der Waals surface area contributed by atoms with Gasteiger partial charge in [0.25, 0.3) is 0 Å². The van der Waals surface area contributed by atoms with E-state index >= 15 is 0 Å². The third kappa shape index (κ3) is 3.39. The summed E-state index contributed by atoms with van der Waals surface area (Å²) in [6.45, 7) is 7.59. The van der Waals surface area contributed by atoms with Crippen molar-refractivity contribution in [3.63, 3.8) is 0 Å². The molecule has 1 N–H and O–H groups in total. The van der Waals surface area contributed by atoms with Gasteiger partial charge in [0.15, 0.2) is 0 Å². The summed E-state index contributed by atoms with van der Waals surface area (Å²) in [7, 11) is -3.74. The lowest BCUT2D eigenvalue weighted by Crippen LogP contribution is -2.38. The minimum atomic E-state index is -3.74. The zero-order valence-electron chi connectivity index (χ0n) is 19.0. The van der Waals surface area contributed by atoms with Gasteiger partial charge in [-0.05, 0) is 55.7 Å². The summed E-state index contributed by atoms with van der Waals surface area (Å²) in [4.78, 5) is 7.94. The lowest BCUT2D eigenvalue weighted by molar-refractivity contribution is 0.554. The number of aromatic nitrogens is 3. The normalized spacial score (nSPS) is 18.2. The highest BCUT2D eigenvalue weighted by Gasteiger charge is 2.39. The van der Waals surface area contributed by atoms with Crippen molar-refractivity contribution in [3.8, 4) is 6.07 Å². The van der Waals surface area contributed by atoms with Crippen LogP contribution in [0.2, 0.25) is 0 Å². The Labute approximate surface area is 198 Å². The van der Waals surface area contributed by atoms with Gasteiger partial charge in [-0.25, -0.2) is 17.4 Å². The van der Waals surface area contributed by atoms with Crippen molar-refractivity contribution in [1.29, 1.82) is 5.26 Å². The lowest BCUT2D eigenvalue weighted by atomic mass is 9.98. The van der Waals surface area contributed by atoms with E-state index in [1.807, 2.05) is 49.4 Å². The Kier molecular flexibility index (Phi) is 5.07. The first-order valence-corrected chi connectivity index (χ1v) is 12.4. The monoisotopic (exact) mass is 468 g/mol. The van der Waals surface area contributed by atoms with E-state index < -0.39 is 14.8 Å². The second-order valence-electron chi connectivity index (χ2n) is 8.91. The maximum absolute atomic E-state index is 13.9. The van der Waals surface area contributed by atoms with Crippen molar-refractivity contribution in [2.75, 3.05) is 0 Å². The Morgan fingerprint density at radius 2 is 2.12 bits per heavy atom. The highest BCUT2D eigenvalue weighted by atomic mass is 32.2. The third-order valence-corrected chi connectivity index (χ3v) is 8.74. The number of allylic oxidation sites excluding steroid dienone is 3. The third-order valence-electron chi connectivity index (χ3n) is 6.46. The molecule has 6 nitrogen and oxygen atoms in total. The molecule has 1 atom stereocenters. The van der Waals surface area contributed by atoms with Gasteiger partial charge in [0.2, 0.25) is 10.0 Å². The molecule has 1 unspecified atom stereocenters. The molecule has 2 aromatic carbocycles. The summed E-state index contributed by atoms with van der Waals surface area (Å²) >= 11 is 0. The van der Waals surface area contributed by atoms with Gasteiger partial charge in [-0.15, -0.1) is 0 Å². The van der Waals surface area contributed by atoms with E-state index in [-0.39, 0.29) is 0 Å². The predicted octanol–water partition coefficient (Wildman–Crippen LogP) is 5.47. The van der Waals surface area contributed by atoms with Crippen LogP contribution in [0.4, 0.5) is 0 Å². The van der Waals surface area contributed by atoms with Crippen LogP contribution in [0.5, 0.6) is 0 Å². The van der Waals surface area contributed by atoms with Gasteiger partial charge in [-0.2, -0.15) is 5.26 Å². The van der Waals surface area contributed by atoms with E-state index in [0.29, 0.717) is 23.9 Å². The topological polar surface area (TPSA) is 91.5 Å². The summed E-state index contributed by atoms with van der Waals surface area (Å²) < 4.78 is 28.1. The summed E-state index contributed by atoms with van der Waals surface area (Å²) in [6.07, 6.45) is 9.93.